The van der Waals surface area contributed by atoms with Crippen molar-refractivity contribution < 1.29 is 14.3 Å². The largest absolute Gasteiger partial charge is 0.497 e. The molecular formula is C18H20BrNO3. The Hall–Kier alpha value is -2.01. The number of anilines is 1. The van der Waals surface area contributed by atoms with Crippen LogP contribution in [0.1, 0.15) is 24.8 Å². The second-order valence-corrected chi connectivity index (χ2v) is 6.19. The predicted molar refractivity (Wildman–Crippen MR) is 95.3 cm³/mol. The summed E-state index contributed by atoms with van der Waals surface area (Å²) in [5, 5.41) is 2.91. The maximum Gasteiger partial charge on any atom is 0.224 e. The highest BCUT2D eigenvalue weighted by molar-refractivity contribution is 9.10. The van der Waals surface area contributed by atoms with Crippen LogP contribution in [0.2, 0.25) is 0 Å². The molecule has 0 spiro atoms. The Labute approximate surface area is 144 Å². The zero-order chi connectivity index (χ0) is 16.8. The number of benzene rings is 2. The Morgan fingerprint density at radius 3 is 2.61 bits per heavy atom. The minimum absolute atomic E-state index is 0.0306. The first-order valence-electron chi connectivity index (χ1n) is 7.31. The highest BCUT2D eigenvalue weighted by Gasteiger charge is 2.16. The van der Waals surface area contributed by atoms with Gasteiger partial charge in [-0.15, -0.1) is 0 Å². The van der Waals surface area contributed by atoms with Crippen molar-refractivity contribution in [2.24, 2.45) is 0 Å². The van der Waals surface area contributed by atoms with Gasteiger partial charge in [0.15, 0.2) is 0 Å². The first-order valence-corrected chi connectivity index (χ1v) is 8.10. The quantitative estimate of drug-likeness (QED) is 0.799. The van der Waals surface area contributed by atoms with E-state index in [1.165, 1.54) is 0 Å². The van der Waals surface area contributed by atoms with Crippen LogP contribution in [0.25, 0.3) is 0 Å². The lowest BCUT2D eigenvalue weighted by molar-refractivity contribution is -0.116. The van der Waals surface area contributed by atoms with E-state index in [2.05, 4.69) is 21.2 Å². The van der Waals surface area contributed by atoms with Crippen LogP contribution < -0.4 is 14.8 Å². The standard InChI is InChI=1S/C18H20BrNO3/c1-12(16-8-7-15(22-2)11-17(16)23-3)9-18(21)20-14-6-4-5-13(19)10-14/h4-8,10-12H,9H2,1-3H3,(H,20,21). The summed E-state index contributed by atoms with van der Waals surface area (Å²) in [4.78, 5) is 12.2. The number of ether oxygens (including phenoxy) is 2. The average molecular weight is 378 g/mol. The maximum atomic E-state index is 12.2. The van der Waals surface area contributed by atoms with Gasteiger partial charge < -0.3 is 14.8 Å². The third-order valence-electron chi connectivity index (χ3n) is 3.57. The molecule has 0 saturated heterocycles. The molecule has 2 aromatic carbocycles. The smallest absolute Gasteiger partial charge is 0.224 e. The van der Waals surface area contributed by atoms with Gasteiger partial charge in [0, 0.05) is 22.6 Å². The van der Waals surface area contributed by atoms with Crippen molar-refractivity contribution in [1.29, 1.82) is 0 Å². The van der Waals surface area contributed by atoms with Crippen LogP contribution in [-0.4, -0.2) is 20.1 Å². The summed E-state index contributed by atoms with van der Waals surface area (Å²) in [6, 6.07) is 13.2. The van der Waals surface area contributed by atoms with Crippen LogP contribution in [0.4, 0.5) is 5.69 Å². The van der Waals surface area contributed by atoms with E-state index < -0.39 is 0 Å². The number of rotatable bonds is 6. The molecule has 2 aromatic rings. The summed E-state index contributed by atoms with van der Waals surface area (Å²) in [7, 11) is 3.23. The van der Waals surface area contributed by atoms with Crippen LogP contribution in [0.15, 0.2) is 46.9 Å². The molecule has 0 aliphatic carbocycles. The minimum Gasteiger partial charge on any atom is -0.497 e. The van der Waals surface area contributed by atoms with Crippen molar-refractivity contribution >= 4 is 27.5 Å². The molecule has 0 aliphatic heterocycles. The third kappa shape index (κ3) is 4.73. The van der Waals surface area contributed by atoms with E-state index in [9.17, 15) is 4.79 Å². The van der Waals surface area contributed by atoms with Crippen LogP contribution in [-0.2, 0) is 4.79 Å². The lowest BCUT2D eigenvalue weighted by Gasteiger charge is -2.16. The molecule has 1 atom stereocenters. The number of halogens is 1. The topological polar surface area (TPSA) is 47.6 Å². The van der Waals surface area contributed by atoms with E-state index >= 15 is 0 Å². The fourth-order valence-corrected chi connectivity index (χ4v) is 2.79. The predicted octanol–water partition coefficient (Wildman–Crippen LogP) is 4.60. The summed E-state index contributed by atoms with van der Waals surface area (Å²) in [6.07, 6.45) is 0.370. The molecule has 0 heterocycles. The summed E-state index contributed by atoms with van der Waals surface area (Å²) < 4.78 is 11.5. The Morgan fingerprint density at radius 2 is 1.96 bits per heavy atom. The molecule has 0 bridgehead atoms. The zero-order valence-electron chi connectivity index (χ0n) is 13.4. The molecule has 1 N–H and O–H groups in total. The minimum atomic E-state index is -0.0338. The molecular weight excluding hydrogens is 358 g/mol. The Kier molecular flexibility index (Phi) is 6.04. The molecule has 0 aromatic heterocycles. The number of carbonyl (C=O) groups is 1. The fourth-order valence-electron chi connectivity index (χ4n) is 2.39. The highest BCUT2D eigenvalue weighted by atomic mass is 79.9. The van der Waals surface area contributed by atoms with Gasteiger partial charge in [0.05, 0.1) is 14.2 Å². The van der Waals surface area contributed by atoms with Crippen LogP contribution >= 0.6 is 15.9 Å². The molecule has 0 saturated carbocycles. The number of carbonyl (C=O) groups excluding carboxylic acids is 1. The highest BCUT2D eigenvalue weighted by Crippen LogP contribution is 2.32. The van der Waals surface area contributed by atoms with Gasteiger partial charge in [0.2, 0.25) is 5.91 Å². The number of methoxy groups -OCH3 is 2. The van der Waals surface area contributed by atoms with E-state index in [0.717, 1.165) is 27.2 Å². The normalized spacial score (nSPS) is 11.7. The molecule has 1 unspecified atom stereocenters. The first kappa shape index (κ1) is 17.3. The van der Waals surface area contributed by atoms with E-state index in [0.29, 0.717) is 6.42 Å². The van der Waals surface area contributed by atoms with Crippen molar-refractivity contribution in [2.45, 2.75) is 19.3 Å². The van der Waals surface area contributed by atoms with Gasteiger partial charge in [0.25, 0.3) is 0 Å². The number of nitrogens with one attached hydrogen (secondary N) is 1. The van der Waals surface area contributed by atoms with E-state index in [1.807, 2.05) is 49.4 Å². The summed E-state index contributed by atoms with van der Waals surface area (Å²) in [5.74, 6) is 1.46. The van der Waals surface area contributed by atoms with E-state index in [4.69, 9.17) is 9.47 Å². The average Bonchev–Trinajstić information content (AvgIpc) is 2.53. The van der Waals surface area contributed by atoms with Gasteiger partial charge in [-0.05, 0) is 35.7 Å². The third-order valence-corrected chi connectivity index (χ3v) is 4.06. The maximum absolute atomic E-state index is 12.2. The zero-order valence-corrected chi connectivity index (χ0v) is 15.0. The SMILES string of the molecule is COc1ccc(C(C)CC(=O)Nc2cccc(Br)c2)c(OC)c1. The van der Waals surface area contributed by atoms with Gasteiger partial charge in [-0.3, -0.25) is 4.79 Å². The molecule has 1 amide bonds. The van der Waals surface area contributed by atoms with Crippen molar-refractivity contribution in [3.63, 3.8) is 0 Å². The fraction of sp³-hybridized carbons (Fsp3) is 0.278. The van der Waals surface area contributed by atoms with Gasteiger partial charge in [-0.2, -0.15) is 0 Å². The molecule has 2 rings (SSSR count). The van der Waals surface area contributed by atoms with Gasteiger partial charge >= 0.3 is 0 Å². The number of amides is 1. The summed E-state index contributed by atoms with van der Waals surface area (Å²) in [6.45, 7) is 2.00. The lowest BCUT2D eigenvalue weighted by Crippen LogP contribution is -2.14. The van der Waals surface area contributed by atoms with Crippen LogP contribution in [0, 0.1) is 0 Å². The Morgan fingerprint density at radius 1 is 1.17 bits per heavy atom. The molecule has 0 radical (unpaired) electrons. The molecule has 0 fully saturated rings. The summed E-state index contributed by atoms with van der Waals surface area (Å²) >= 11 is 3.39. The monoisotopic (exact) mass is 377 g/mol. The van der Waals surface area contributed by atoms with Gasteiger partial charge in [0.1, 0.15) is 11.5 Å². The Balaban J connectivity index is 2.06. The van der Waals surface area contributed by atoms with E-state index in [1.54, 1.807) is 14.2 Å². The lowest BCUT2D eigenvalue weighted by atomic mass is 9.96. The molecule has 0 aliphatic rings. The van der Waals surface area contributed by atoms with Crippen molar-refractivity contribution in [3.05, 3.63) is 52.5 Å². The summed E-state index contributed by atoms with van der Waals surface area (Å²) in [5.41, 5.74) is 1.76. The molecule has 5 heteroatoms. The van der Waals surface area contributed by atoms with Crippen molar-refractivity contribution in [3.8, 4) is 11.5 Å². The van der Waals surface area contributed by atoms with Gasteiger partial charge in [-0.25, -0.2) is 0 Å². The van der Waals surface area contributed by atoms with Crippen molar-refractivity contribution in [1.82, 2.24) is 0 Å². The molecule has 23 heavy (non-hydrogen) atoms. The second-order valence-electron chi connectivity index (χ2n) is 5.27. The number of hydrogen-bond donors (Lipinski definition) is 1. The van der Waals surface area contributed by atoms with E-state index in [-0.39, 0.29) is 11.8 Å². The van der Waals surface area contributed by atoms with Crippen LogP contribution in [0.3, 0.4) is 0 Å². The first-order chi connectivity index (χ1) is 11.0. The number of hydrogen-bond acceptors (Lipinski definition) is 3. The van der Waals surface area contributed by atoms with Crippen LogP contribution in [0.5, 0.6) is 11.5 Å². The Bertz CT molecular complexity index is 688. The van der Waals surface area contributed by atoms with Crippen molar-refractivity contribution in [2.75, 3.05) is 19.5 Å². The van der Waals surface area contributed by atoms with Gasteiger partial charge in [-0.1, -0.05) is 35.0 Å². The molecule has 122 valence electrons. The second kappa shape index (κ2) is 8.02. The molecule has 4 nitrogen and oxygen atoms in total.